The fraction of sp³-hybridized carbons (Fsp3) is 0.750. The lowest BCUT2D eigenvalue weighted by molar-refractivity contribution is 0.577. The number of hydrogen-bond acceptors (Lipinski definition) is 3. The lowest BCUT2D eigenvalue weighted by atomic mass is 10.2. The summed E-state index contributed by atoms with van der Waals surface area (Å²) in [6.45, 7) is 4.11. The lowest BCUT2D eigenvalue weighted by Gasteiger charge is -2.21. The van der Waals surface area contributed by atoms with Gasteiger partial charge in [0.25, 0.3) is 0 Å². The van der Waals surface area contributed by atoms with Crippen LogP contribution in [0.3, 0.4) is 0 Å². The molecule has 0 saturated carbocycles. The van der Waals surface area contributed by atoms with Gasteiger partial charge >= 0.3 is 0 Å². The Morgan fingerprint density at radius 3 is 3.06 bits per heavy atom. The van der Waals surface area contributed by atoms with Gasteiger partial charge in [0.2, 0.25) is 0 Å². The van der Waals surface area contributed by atoms with Gasteiger partial charge in [-0.25, -0.2) is 0 Å². The second-order valence-electron chi connectivity index (χ2n) is 4.52. The third-order valence-corrected chi connectivity index (χ3v) is 4.45. The zero-order chi connectivity index (χ0) is 11.4. The average molecular weight is 239 g/mol. The largest absolute Gasteiger partial charge is 0.310 e. The summed E-state index contributed by atoms with van der Waals surface area (Å²) >= 11 is 2.12. The summed E-state index contributed by atoms with van der Waals surface area (Å²) < 4.78 is 1.97. The number of rotatable bonds is 4. The second-order valence-corrected chi connectivity index (χ2v) is 5.93. The van der Waals surface area contributed by atoms with E-state index >= 15 is 0 Å². The molecule has 0 bridgehead atoms. The van der Waals surface area contributed by atoms with E-state index in [0.29, 0.717) is 0 Å². The Labute approximate surface area is 102 Å². The molecule has 1 aliphatic heterocycles. The third-order valence-electron chi connectivity index (χ3n) is 3.05. The van der Waals surface area contributed by atoms with Crippen LogP contribution >= 0.6 is 11.8 Å². The summed E-state index contributed by atoms with van der Waals surface area (Å²) in [6.07, 6.45) is 4.19. The fourth-order valence-electron chi connectivity index (χ4n) is 2.16. The molecule has 3 nitrogen and oxygen atoms in total. The van der Waals surface area contributed by atoms with Gasteiger partial charge in [-0.1, -0.05) is 6.42 Å². The molecule has 1 N–H and O–H groups in total. The van der Waals surface area contributed by atoms with E-state index in [1.54, 1.807) is 0 Å². The molecule has 1 aliphatic rings. The molecular formula is C12H21N3S. The first-order valence-electron chi connectivity index (χ1n) is 6.07. The maximum atomic E-state index is 4.35. The van der Waals surface area contributed by atoms with Crippen LogP contribution in [0.2, 0.25) is 0 Å². The minimum atomic E-state index is 0.822. The molecule has 1 atom stereocenters. The normalized spacial score (nSPS) is 21.2. The van der Waals surface area contributed by atoms with E-state index in [2.05, 4.69) is 28.2 Å². The standard InChI is InChI=1S/C12H21N3S/c1-10-7-11(15(2)14-10)8-13-9-12-5-3-4-6-16-12/h7,12-13H,3-6,8-9H2,1-2H3. The summed E-state index contributed by atoms with van der Waals surface area (Å²) in [5.74, 6) is 1.34. The van der Waals surface area contributed by atoms with Crippen LogP contribution in [-0.4, -0.2) is 27.3 Å². The van der Waals surface area contributed by atoms with Crippen molar-refractivity contribution in [2.75, 3.05) is 12.3 Å². The molecule has 1 unspecified atom stereocenters. The minimum Gasteiger partial charge on any atom is -0.310 e. The van der Waals surface area contributed by atoms with Crippen molar-refractivity contribution < 1.29 is 0 Å². The second kappa shape index (κ2) is 5.73. The van der Waals surface area contributed by atoms with Gasteiger partial charge in [0.15, 0.2) is 0 Å². The maximum absolute atomic E-state index is 4.35. The first-order valence-corrected chi connectivity index (χ1v) is 7.12. The van der Waals surface area contributed by atoms with Crippen molar-refractivity contribution in [2.24, 2.45) is 7.05 Å². The first kappa shape index (κ1) is 12.0. The van der Waals surface area contributed by atoms with Crippen molar-refractivity contribution in [2.45, 2.75) is 38.0 Å². The number of nitrogens with one attached hydrogen (secondary N) is 1. The summed E-state index contributed by atoms with van der Waals surface area (Å²) in [6, 6.07) is 2.15. The molecule has 0 aromatic carbocycles. The zero-order valence-corrected chi connectivity index (χ0v) is 11.0. The number of thioether (sulfide) groups is 1. The van der Waals surface area contributed by atoms with E-state index in [9.17, 15) is 0 Å². The quantitative estimate of drug-likeness (QED) is 0.872. The van der Waals surface area contributed by atoms with Crippen LogP contribution in [0.25, 0.3) is 0 Å². The molecule has 1 saturated heterocycles. The predicted octanol–water partition coefficient (Wildman–Crippen LogP) is 2.10. The molecule has 2 rings (SSSR count). The monoisotopic (exact) mass is 239 g/mol. The van der Waals surface area contributed by atoms with Gasteiger partial charge < -0.3 is 5.32 Å². The highest BCUT2D eigenvalue weighted by molar-refractivity contribution is 7.99. The van der Waals surface area contributed by atoms with Crippen LogP contribution in [0.15, 0.2) is 6.07 Å². The Morgan fingerprint density at radius 1 is 1.56 bits per heavy atom. The summed E-state index contributed by atoms with van der Waals surface area (Å²) in [7, 11) is 2.01. The molecule has 1 aromatic rings. The maximum Gasteiger partial charge on any atom is 0.0597 e. The van der Waals surface area contributed by atoms with E-state index in [0.717, 1.165) is 24.0 Å². The first-order chi connectivity index (χ1) is 7.75. The molecule has 0 amide bonds. The molecular weight excluding hydrogens is 218 g/mol. The van der Waals surface area contributed by atoms with Crippen LogP contribution in [0.5, 0.6) is 0 Å². The fourth-order valence-corrected chi connectivity index (χ4v) is 3.43. The number of nitrogens with zero attached hydrogens (tertiary/aromatic N) is 2. The van der Waals surface area contributed by atoms with Gasteiger partial charge in [0, 0.05) is 25.4 Å². The van der Waals surface area contributed by atoms with Crippen LogP contribution in [0.1, 0.15) is 30.7 Å². The summed E-state index contributed by atoms with van der Waals surface area (Å²) in [5, 5.41) is 8.71. The Hall–Kier alpha value is -0.480. The predicted molar refractivity (Wildman–Crippen MR) is 69.7 cm³/mol. The number of aromatic nitrogens is 2. The van der Waals surface area contributed by atoms with Gasteiger partial charge in [-0.05, 0) is 31.6 Å². The van der Waals surface area contributed by atoms with Crippen LogP contribution in [-0.2, 0) is 13.6 Å². The van der Waals surface area contributed by atoms with Gasteiger partial charge in [-0.2, -0.15) is 16.9 Å². The highest BCUT2D eigenvalue weighted by atomic mass is 32.2. The SMILES string of the molecule is Cc1cc(CNCC2CCCCS2)n(C)n1. The van der Waals surface area contributed by atoms with Crippen molar-refractivity contribution in [1.82, 2.24) is 15.1 Å². The lowest BCUT2D eigenvalue weighted by Crippen LogP contribution is -2.27. The van der Waals surface area contributed by atoms with E-state index in [1.807, 2.05) is 18.7 Å². The van der Waals surface area contributed by atoms with Crippen molar-refractivity contribution in [3.8, 4) is 0 Å². The van der Waals surface area contributed by atoms with E-state index in [1.165, 1.54) is 30.7 Å². The van der Waals surface area contributed by atoms with Gasteiger partial charge in [0.1, 0.15) is 0 Å². The van der Waals surface area contributed by atoms with Gasteiger partial charge in [0.05, 0.1) is 11.4 Å². The van der Waals surface area contributed by atoms with Crippen molar-refractivity contribution >= 4 is 11.8 Å². The van der Waals surface area contributed by atoms with E-state index in [4.69, 9.17) is 0 Å². The van der Waals surface area contributed by atoms with Crippen molar-refractivity contribution in [3.63, 3.8) is 0 Å². The smallest absolute Gasteiger partial charge is 0.0597 e. The Morgan fingerprint density at radius 2 is 2.44 bits per heavy atom. The topological polar surface area (TPSA) is 29.9 Å². The van der Waals surface area contributed by atoms with E-state index in [-0.39, 0.29) is 0 Å². The molecule has 0 aliphatic carbocycles. The van der Waals surface area contributed by atoms with Crippen molar-refractivity contribution in [3.05, 3.63) is 17.5 Å². The molecule has 4 heteroatoms. The summed E-state index contributed by atoms with van der Waals surface area (Å²) in [5.41, 5.74) is 2.38. The Balaban J connectivity index is 1.73. The summed E-state index contributed by atoms with van der Waals surface area (Å²) in [4.78, 5) is 0. The number of hydrogen-bond donors (Lipinski definition) is 1. The molecule has 16 heavy (non-hydrogen) atoms. The molecule has 0 spiro atoms. The highest BCUT2D eigenvalue weighted by Crippen LogP contribution is 2.24. The zero-order valence-electron chi connectivity index (χ0n) is 10.2. The molecule has 90 valence electrons. The van der Waals surface area contributed by atoms with Gasteiger partial charge in [-0.3, -0.25) is 4.68 Å². The van der Waals surface area contributed by atoms with Crippen LogP contribution in [0.4, 0.5) is 0 Å². The Bertz CT molecular complexity index is 329. The minimum absolute atomic E-state index is 0.822. The number of aryl methyl sites for hydroxylation is 2. The molecule has 0 radical (unpaired) electrons. The third kappa shape index (κ3) is 3.25. The molecule has 2 heterocycles. The molecule has 1 fully saturated rings. The Kier molecular flexibility index (Phi) is 4.29. The highest BCUT2D eigenvalue weighted by Gasteiger charge is 2.13. The van der Waals surface area contributed by atoms with Gasteiger partial charge in [-0.15, -0.1) is 0 Å². The van der Waals surface area contributed by atoms with Crippen LogP contribution < -0.4 is 5.32 Å². The van der Waals surface area contributed by atoms with Crippen molar-refractivity contribution in [1.29, 1.82) is 0 Å². The van der Waals surface area contributed by atoms with E-state index < -0.39 is 0 Å². The average Bonchev–Trinajstić information content (AvgIpc) is 2.59. The van der Waals surface area contributed by atoms with Crippen LogP contribution in [0, 0.1) is 6.92 Å². The molecule has 1 aromatic heterocycles.